The highest BCUT2D eigenvalue weighted by molar-refractivity contribution is 7.17. The average molecular weight is 376 g/mol. The maximum Gasteiger partial charge on any atom is 0.195 e. The molecule has 2 heterocycles. The van der Waals surface area contributed by atoms with Gasteiger partial charge < -0.3 is 4.74 Å². The van der Waals surface area contributed by atoms with Gasteiger partial charge in [-0.15, -0.1) is 11.3 Å². The number of aryl methyl sites for hydroxylation is 3. The Morgan fingerprint density at radius 2 is 1.85 bits per heavy atom. The molecule has 0 saturated carbocycles. The molecule has 0 aliphatic rings. The van der Waals surface area contributed by atoms with Crippen LogP contribution in [0.4, 0.5) is 0 Å². The van der Waals surface area contributed by atoms with Gasteiger partial charge in [-0.2, -0.15) is 0 Å². The van der Waals surface area contributed by atoms with Crippen LogP contribution < -0.4 is 4.74 Å². The first kappa shape index (κ1) is 17.5. The summed E-state index contributed by atoms with van der Waals surface area (Å²) in [5.74, 6) is 0.742. The van der Waals surface area contributed by atoms with Crippen LogP contribution in [0.3, 0.4) is 0 Å². The minimum absolute atomic E-state index is 0.566. The van der Waals surface area contributed by atoms with E-state index >= 15 is 0 Å². The Morgan fingerprint density at radius 1 is 1.04 bits per heavy atom. The Bertz CT molecular complexity index is 1170. The van der Waals surface area contributed by atoms with Crippen LogP contribution in [0, 0.1) is 20.8 Å². The molecule has 0 amide bonds. The smallest absolute Gasteiger partial charge is 0.195 e. The number of fused-ring (bicyclic) bond motifs is 1. The van der Waals surface area contributed by atoms with Crippen molar-refractivity contribution >= 4 is 22.6 Å². The summed E-state index contributed by atoms with van der Waals surface area (Å²) in [7, 11) is 1.63. The van der Waals surface area contributed by atoms with Gasteiger partial charge >= 0.3 is 0 Å². The van der Waals surface area contributed by atoms with Gasteiger partial charge in [-0.1, -0.05) is 24.3 Å². The first-order valence-electron chi connectivity index (χ1n) is 8.72. The molecule has 0 saturated heterocycles. The van der Waals surface area contributed by atoms with E-state index < -0.39 is 0 Å². The van der Waals surface area contributed by atoms with Gasteiger partial charge in [-0.25, -0.2) is 4.98 Å². The number of nitrogens with zero attached hydrogens (tertiary/aromatic N) is 2. The third-order valence-electron chi connectivity index (χ3n) is 4.92. The summed E-state index contributed by atoms with van der Waals surface area (Å²) in [6, 6.07) is 14.0. The SMILES string of the molecule is COc1cccc(-c2nc3sc(C)c(-c4ccc(C)c(C)c4)n3c2C=O)c1. The van der Waals surface area contributed by atoms with Crippen LogP contribution in [0.15, 0.2) is 42.5 Å². The Kier molecular flexibility index (Phi) is 4.32. The lowest BCUT2D eigenvalue weighted by atomic mass is 10.0. The van der Waals surface area contributed by atoms with E-state index in [4.69, 9.17) is 9.72 Å². The van der Waals surface area contributed by atoms with Crippen LogP contribution in [0.1, 0.15) is 26.5 Å². The molecule has 2 aromatic heterocycles. The van der Waals surface area contributed by atoms with Crippen molar-refractivity contribution in [2.75, 3.05) is 7.11 Å². The van der Waals surface area contributed by atoms with E-state index in [9.17, 15) is 4.79 Å². The van der Waals surface area contributed by atoms with Crippen molar-refractivity contribution in [2.45, 2.75) is 20.8 Å². The van der Waals surface area contributed by atoms with Gasteiger partial charge in [0.2, 0.25) is 0 Å². The quantitative estimate of drug-likeness (QED) is 0.443. The molecule has 0 unspecified atom stereocenters. The molecule has 0 spiro atoms. The summed E-state index contributed by atoms with van der Waals surface area (Å²) >= 11 is 1.60. The van der Waals surface area contributed by atoms with Gasteiger partial charge in [0.25, 0.3) is 0 Å². The molecule has 0 N–H and O–H groups in total. The second kappa shape index (κ2) is 6.67. The molecule has 27 heavy (non-hydrogen) atoms. The fraction of sp³-hybridized carbons (Fsp3) is 0.182. The second-order valence-corrected chi connectivity index (χ2v) is 7.80. The van der Waals surface area contributed by atoms with Crippen molar-refractivity contribution < 1.29 is 9.53 Å². The predicted molar refractivity (Wildman–Crippen MR) is 110 cm³/mol. The normalized spacial score (nSPS) is 11.1. The van der Waals surface area contributed by atoms with Crippen LogP contribution in [-0.4, -0.2) is 22.8 Å². The number of aromatic nitrogens is 2. The third-order valence-corrected chi connectivity index (χ3v) is 5.87. The number of imidazole rings is 1. The number of rotatable bonds is 4. The van der Waals surface area contributed by atoms with E-state index in [0.29, 0.717) is 11.4 Å². The van der Waals surface area contributed by atoms with E-state index in [1.807, 2.05) is 28.7 Å². The van der Waals surface area contributed by atoms with E-state index in [1.165, 1.54) is 11.1 Å². The second-order valence-electron chi connectivity index (χ2n) is 6.62. The summed E-state index contributed by atoms with van der Waals surface area (Å²) in [6.45, 7) is 6.28. The molecule has 4 nitrogen and oxygen atoms in total. The molecule has 136 valence electrons. The molecular weight excluding hydrogens is 356 g/mol. The molecule has 0 aliphatic heterocycles. The number of thiazole rings is 1. The van der Waals surface area contributed by atoms with Crippen molar-refractivity contribution in [3.05, 3.63) is 64.2 Å². The zero-order valence-electron chi connectivity index (χ0n) is 15.7. The maximum absolute atomic E-state index is 12.1. The van der Waals surface area contributed by atoms with Crippen LogP contribution >= 0.6 is 11.3 Å². The van der Waals surface area contributed by atoms with Gasteiger partial charge in [0.15, 0.2) is 11.2 Å². The number of benzene rings is 2. The molecular formula is C22H20N2O2S. The summed E-state index contributed by atoms with van der Waals surface area (Å²) in [5.41, 5.74) is 6.72. The highest BCUT2D eigenvalue weighted by Gasteiger charge is 2.21. The molecule has 4 aromatic rings. The lowest BCUT2D eigenvalue weighted by Crippen LogP contribution is -1.96. The van der Waals surface area contributed by atoms with E-state index in [-0.39, 0.29) is 0 Å². The van der Waals surface area contributed by atoms with E-state index in [0.717, 1.165) is 38.7 Å². The zero-order chi connectivity index (χ0) is 19.1. The molecule has 0 aliphatic carbocycles. The number of hydrogen-bond acceptors (Lipinski definition) is 4. The molecule has 5 heteroatoms. The summed E-state index contributed by atoms with van der Waals surface area (Å²) < 4.78 is 7.30. The van der Waals surface area contributed by atoms with Gasteiger partial charge in [-0.3, -0.25) is 9.20 Å². The fourth-order valence-corrected chi connectivity index (χ4v) is 4.35. The molecule has 0 bridgehead atoms. The van der Waals surface area contributed by atoms with Crippen molar-refractivity contribution in [1.82, 2.24) is 9.38 Å². The van der Waals surface area contributed by atoms with Crippen LogP contribution in [-0.2, 0) is 0 Å². The van der Waals surface area contributed by atoms with Crippen molar-refractivity contribution in [3.63, 3.8) is 0 Å². The highest BCUT2D eigenvalue weighted by Crippen LogP contribution is 2.36. The Balaban J connectivity index is 1.99. The Hall–Kier alpha value is -2.92. The minimum atomic E-state index is 0.566. The maximum atomic E-state index is 12.1. The number of carbonyl (C=O) groups is 1. The van der Waals surface area contributed by atoms with Crippen LogP contribution in [0.5, 0.6) is 5.75 Å². The van der Waals surface area contributed by atoms with Crippen LogP contribution in [0.2, 0.25) is 0 Å². The van der Waals surface area contributed by atoms with Crippen LogP contribution in [0.25, 0.3) is 27.5 Å². The van der Waals surface area contributed by atoms with Gasteiger partial charge in [0.05, 0.1) is 12.8 Å². The summed E-state index contributed by atoms with van der Waals surface area (Å²) in [6.07, 6.45) is 0.894. The predicted octanol–water partition coefficient (Wildman–Crippen LogP) is 5.48. The first-order chi connectivity index (χ1) is 13.0. The van der Waals surface area contributed by atoms with Gasteiger partial charge in [0, 0.05) is 10.4 Å². The molecule has 2 aromatic carbocycles. The van der Waals surface area contributed by atoms with Gasteiger partial charge in [-0.05, 0) is 55.7 Å². The molecule has 4 rings (SSSR count). The van der Waals surface area contributed by atoms with Crippen molar-refractivity contribution in [3.8, 4) is 28.3 Å². The minimum Gasteiger partial charge on any atom is -0.497 e. The standard InChI is InChI=1S/C22H20N2O2S/c1-13-8-9-17(10-14(13)2)21-15(3)27-22-23-20(19(12-25)24(21)22)16-6-5-7-18(11-16)26-4/h5-12H,1-4H3. The monoisotopic (exact) mass is 376 g/mol. The van der Waals surface area contributed by atoms with E-state index in [2.05, 4.69) is 39.0 Å². The topological polar surface area (TPSA) is 43.6 Å². The Morgan fingerprint density at radius 3 is 2.56 bits per heavy atom. The molecule has 0 atom stereocenters. The highest BCUT2D eigenvalue weighted by atomic mass is 32.1. The number of methoxy groups -OCH3 is 1. The average Bonchev–Trinajstić information content (AvgIpc) is 3.18. The summed E-state index contributed by atoms with van der Waals surface area (Å²) in [4.78, 5) is 18.8. The fourth-order valence-electron chi connectivity index (χ4n) is 3.35. The number of carbonyl (C=O) groups excluding carboxylic acids is 1. The van der Waals surface area contributed by atoms with Crippen molar-refractivity contribution in [1.29, 1.82) is 0 Å². The third kappa shape index (κ3) is 2.84. The first-order valence-corrected chi connectivity index (χ1v) is 9.54. The lowest BCUT2D eigenvalue weighted by Gasteiger charge is -2.08. The number of ether oxygens (including phenoxy) is 1. The summed E-state index contributed by atoms with van der Waals surface area (Å²) in [5, 5.41) is 0. The largest absolute Gasteiger partial charge is 0.497 e. The zero-order valence-corrected chi connectivity index (χ0v) is 16.6. The Labute approximate surface area is 162 Å². The molecule has 0 radical (unpaired) electrons. The number of hydrogen-bond donors (Lipinski definition) is 0. The van der Waals surface area contributed by atoms with Crippen molar-refractivity contribution in [2.24, 2.45) is 0 Å². The molecule has 0 fully saturated rings. The van der Waals surface area contributed by atoms with E-state index in [1.54, 1.807) is 18.4 Å². The van der Waals surface area contributed by atoms with Gasteiger partial charge in [0.1, 0.15) is 17.1 Å². The number of aldehydes is 1. The lowest BCUT2D eigenvalue weighted by molar-refractivity contribution is 0.111.